The molecule has 0 aliphatic carbocycles. The van der Waals surface area contributed by atoms with Crippen LogP contribution in [0, 0.1) is 24.0 Å². The minimum Gasteiger partial charge on any atom is -0.378 e. The number of rotatable bonds is 9. The van der Waals surface area contributed by atoms with Crippen molar-refractivity contribution in [3.8, 4) is 5.69 Å². The number of carbonyl (C=O) groups is 1. The van der Waals surface area contributed by atoms with Gasteiger partial charge in [-0.1, -0.05) is 47.2 Å². The standard InChI is InChI=1S/C26H26N6O3S/c1-17-4-8-20(9-5-17)27-16-24-29-30-26(31(24)22-12-6-18(2)7-13-22)36-19(3)25(33)28-21-10-14-23(15-11-21)32(34)35/h4-15,19,27H,16H2,1-3H3,(H,28,33)/t19-/m1/s1. The zero-order valence-electron chi connectivity index (χ0n) is 20.1. The Morgan fingerprint density at radius 1 is 0.944 bits per heavy atom. The monoisotopic (exact) mass is 502 g/mol. The number of hydrogen-bond acceptors (Lipinski definition) is 7. The third-order valence-electron chi connectivity index (χ3n) is 5.49. The lowest BCUT2D eigenvalue weighted by atomic mass is 10.2. The Morgan fingerprint density at radius 2 is 1.53 bits per heavy atom. The van der Waals surface area contributed by atoms with Gasteiger partial charge in [-0.25, -0.2) is 0 Å². The highest BCUT2D eigenvalue weighted by Crippen LogP contribution is 2.27. The number of aromatic nitrogens is 3. The highest BCUT2D eigenvalue weighted by molar-refractivity contribution is 8.00. The summed E-state index contributed by atoms with van der Waals surface area (Å²) in [4.78, 5) is 23.2. The smallest absolute Gasteiger partial charge is 0.269 e. The van der Waals surface area contributed by atoms with Crippen LogP contribution in [0.5, 0.6) is 0 Å². The second-order valence-electron chi connectivity index (χ2n) is 8.34. The van der Waals surface area contributed by atoms with E-state index in [-0.39, 0.29) is 11.6 Å². The van der Waals surface area contributed by atoms with Crippen LogP contribution in [0.25, 0.3) is 5.69 Å². The summed E-state index contributed by atoms with van der Waals surface area (Å²) < 4.78 is 1.95. The molecule has 0 bridgehead atoms. The molecule has 0 fully saturated rings. The third kappa shape index (κ3) is 6.08. The first-order valence-corrected chi connectivity index (χ1v) is 12.2. The Bertz CT molecular complexity index is 1350. The number of nitrogens with zero attached hydrogens (tertiary/aromatic N) is 4. The highest BCUT2D eigenvalue weighted by Gasteiger charge is 2.21. The summed E-state index contributed by atoms with van der Waals surface area (Å²) in [6, 6.07) is 21.9. The first-order chi connectivity index (χ1) is 17.3. The molecule has 4 aromatic rings. The Labute approximate surface area is 213 Å². The van der Waals surface area contributed by atoms with Gasteiger partial charge < -0.3 is 10.6 Å². The second kappa shape index (κ2) is 11.0. The molecule has 1 aromatic heterocycles. The van der Waals surface area contributed by atoms with Crippen LogP contribution in [-0.4, -0.2) is 30.8 Å². The molecule has 36 heavy (non-hydrogen) atoms. The van der Waals surface area contributed by atoms with Gasteiger partial charge in [-0.2, -0.15) is 0 Å². The molecule has 9 nitrogen and oxygen atoms in total. The summed E-state index contributed by atoms with van der Waals surface area (Å²) in [6.45, 7) is 6.30. The van der Waals surface area contributed by atoms with Crippen molar-refractivity contribution in [2.24, 2.45) is 0 Å². The number of hydrogen-bond donors (Lipinski definition) is 2. The van der Waals surface area contributed by atoms with Crippen LogP contribution < -0.4 is 10.6 Å². The average Bonchev–Trinajstić information content (AvgIpc) is 3.26. The first kappa shape index (κ1) is 24.9. The predicted octanol–water partition coefficient (Wildman–Crippen LogP) is 5.52. The van der Waals surface area contributed by atoms with Crippen LogP contribution in [0.3, 0.4) is 0 Å². The lowest BCUT2D eigenvalue weighted by Crippen LogP contribution is -2.23. The van der Waals surface area contributed by atoms with Crippen molar-refractivity contribution < 1.29 is 9.72 Å². The van der Waals surface area contributed by atoms with E-state index in [0.29, 0.717) is 23.2 Å². The molecule has 0 radical (unpaired) electrons. The van der Waals surface area contributed by atoms with Gasteiger partial charge in [-0.3, -0.25) is 19.5 Å². The van der Waals surface area contributed by atoms with E-state index in [1.54, 1.807) is 6.92 Å². The Hall–Kier alpha value is -4.18. The molecule has 0 saturated heterocycles. The topological polar surface area (TPSA) is 115 Å². The molecule has 2 N–H and O–H groups in total. The van der Waals surface area contributed by atoms with Gasteiger partial charge in [0.2, 0.25) is 5.91 Å². The van der Waals surface area contributed by atoms with Gasteiger partial charge >= 0.3 is 0 Å². The molecule has 10 heteroatoms. The Balaban J connectivity index is 1.52. The van der Waals surface area contributed by atoms with Crippen molar-refractivity contribution >= 4 is 34.7 Å². The van der Waals surface area contributed by atoms with Gasteiger partial charge in [-0.15, -0.1) is 10.2 Å². The van der Waals surface area contributed by atoms with Crippen molar-refractivity contribution in [2.45, 2.75) is 37.7 Å². The van der Waals surface area contributed by atoms with E-state index in [1.165, 1.54) is 41.6 Å². The van der Waals surface area contributed by atoms with E-state index in [9.17, 15) is 14.9 Å². The minimum absolute atomic E-state index is 0.0339. The number of benzene rings is 3. The van der Waals surface area contributed by atoms with E-state index in [2.05, 4.69) is 20.8 Å². The number of carbonyl (C=O) groups excluding carboxylic acids is 1. The summed E-state index contributed by atoms with van der Waals surface area (Å²) >= 11 is 1.29. The largest absolute Gasteiger partial charge is 0.378 e. The maximum absolute atomic E-state index is 12.8. The zero-order chi connectivity index (χ0) is 25.7. The van der Waals surface area contributed by atoms with E-state index in [0.717, 1.165) is 16.9 Å². The molecular formula is C26H26N6O3S. The SMILES string of the molecule is Cc1ccc(NCc2nnc(S[C@H](C)C(=O)Nc3ccc([N+](=O)[O-])cc3)n2-c2ccc(C)cc2)cc1. The van der Waals surface area contributed by atoms with Crippen molar-refractivity contribution in [3.63, 3.8) is 0 Å². The maximum Gasteiger partial charge on any atom is 0.269 e. The molecule has 4 rings (SSSR count). The fourth-order valence-corrected chi connectivity index (χ4v) is 4.31. The van der Waals surface area contributed by atoms with Gasteiger partial charge in [0, 0.05) is 29.2 Å². The first-order valence-electron chi connectivity index (χ1n) is 11.3. The van der Waals surface area contributed by atoms with E-state index < -0.39 is 10.2 Å². The number of thioether (sulfide) groups is 1. The Morgan fingerprint density at radius 3 is 2.14 bits per heavy atom. The van der Waals surface area contributed by atoms with Crippen LogP contribution in [0.2, 0.25) is 0 Å². The van der Waals surface area contributed by atoms with Crippen molar-refractivity contribution in [3.05, 3.63) is 99.9 Å². The fraction of sp³-hybridized carbons (Fsp3) is 0.192. The molecule has 0 aliphatic rings. The van der Waals surface area contributed by atoms with Crippen LogP contribution in [0.15, 0.2) is 78.0 Å². The third-order valence-corrected chi connectivity index (χ3v) is 6.53. The quantitative estimate of drug-likeness (QED) is 0.176. The van der Waals surface area contributed by atoms with Crippen molar-refractivity contribution in [1.29, 1.82) is 0 Å². The Kier molecular flexibility index (Phi) is 7.65. The van der Waals surface area contributed by atoms with E-state index in [1.807, 2.05) is 66.9 Å². The number of amides is 1. The molecule has 3 aromatic carbocycles. The lowest BCUT2D eigenvalue weighted by Gasteiger charge is -2.14. The summed E-state index contributed by atoms with van der Waals surface area (Å²) in [5, 5.41) is 25.9. The van der Waals surface area contributed by atoms with Gasteiger partial charge in [-0.05, 0) is 57.2 Å². The van der Waals surface area contributed by atoms with Gasteiger partial charge in [0.25, 0.3) is 5.69 Å². The number of non-ortho nitro benzene ring substituents is 1. The van der Waals surface area contributed by atoms with Crippen LogP contribution in [0.1, 0.15) is 23.9 Å². The molecule has 0 aliphatic heterocycles. The molecule has 1 heterocycles. The van der Waals surface area contributed by atoms with Crippen molar-refractivity contribution in [2.75, 3.05) is 10.6 Å². The zero-order valence-corrected chi connectivity index (χ0v) is 21.0. The lowest BCUT2D eigenvalue weighted by molar-refractivity contribution is -0.384. The van der Waals surface area contributed by atoms with Gasteiger partial charge in [0.1, 0.15) is 0 Å². The minimum atomic E-state index is -0.494. The second-order valence-corrected chi connectivity index (χ2v) is 9.65. The molecular weight excluding hydrogens is 476 g/mol. The molecule has 1 amide bonds. The van der Waals surface area contributed by atoms with Gasteiger partial charge in [0.15, 0.2) is 11.0 Å². The summed E-state index contributed by atoms with van der Waals surface area (Å²) in [6.07, 6.45) is 0. The van der Waals surface area contributed by atoms with E-state index in [4.69, 9.17) is 0 Å². The maximum atomic E-state index is 12.8. The highest BCUT2D eigenvalue weighted by atomic mass is 32.2. The average molecular weight is 503 g/mol. The predicted molar refractivity (Wildman–Crippen MR) is 142 cm³/mol. The van der Waals surface area contributed by atoms with E-state index >= 15 is 0 Å². The molecule has 184 valence electrons. The van der Waals surface area contributed by atoms with Crippen LogP contribution >= 0.6 is 11.8 Å². The number of aryl methyl sites for hydroxylation is 2. The molecule has 0 spiro atoms. The molecule has 0 saturated carbocycles. The van der Waals surface area contributed by atoms with Crippen molar-refractivity contribution in [1.82, 2.24) is 14.8 Å². The number of anilines is 2. The number of nitro groups is 1. The van der Waals surface area contributed by atoms with Gasteiger partial charge in [0.05, 0.1) is 16.7 Å². The molecule has 0 unspecified atom stereocenters. The number of nitrogens with one attached hydrogen (secondary N) is 2. The fourth-order valence-electron chi connectivity index (χ4n) is 3.42. The van der Waals surface area contributed by atoms with Crippen LogP contribution in [0.4, 0.5) is 17.1 Å². The number of nitro benzene ring substituents is 1. The summed E-state index contributed by atoms with van der Waals surface area (Å²) in [7, 11) is 0. The summed E-state index contributed by atoms with van der Waals surface area (Å²) in [5.41, 5.74) is 4.65. The summed E-state index contributed by atoms with van der Waals surface area (Å²) in [5.74, 6) is 0.469. The molecule has 1 atom stereocenters. The normalized spacial score (nSPS) is 11.6. The van der Waals surface area contributed by atoms with Crippen LogP contribution in [-0.2, 0) is 11.3 Å².